The quantitative estimate of drug-likeness (QED) is 0.326. The van der Waals surface area contributed by atoms with Gasteiger partial charge in [-0.25, -0.2) is 8.42 Å². The van der Waals surface area contributed by atoms with Crippen molar-refractivity contribution in [3.63, 3.8) is 0 Å². The lowest BCUT2D eigenvalue weighted by molar-refractivity contribution is -0.147. The molecule has 1 atom stereocenters. The molecule has 2 aromatic carbocycles. The highest BCUT2D eigenvalue weighted by Crippen LogP contribution is 2.34. The number of fused-ring (bicyclic) bond motifs is 1. The number of amides is 1. The molecule has 0 aliphatic carbocycles. The van der Waals surface area contributed by atoms with Crippen molar-refractivity contribution in [2.75, 3.05) is 26.2 Å². The number of nitrogens with zero attached hydrogens (tertiary/aromatic N) is 3. The van der Waals surface area contributed by atoms with Crippen molar-refractivity contribution in [1.82, 2.24) is 14.1 Å². The number of carbonyl (C=O) groups is 2. The molecular weight excluding hydrogens is 548 g/mol. The van der Waals surface area contributed by atoms with E-state index in [0.717, 1.165) is 52.7 Å². The van der Waals surface area contributed by atoms with Gasteiger partial charge in [0, 0.05) is 48.0 Å². The number of aliphatic carboxylic acids is 1. The molecule has 0 spiro atoms. The van der Waals surface area contributed by atoms with Crippen molar-refractivity contribution >= 4 is 60.8 Å². The maximum atomic E-state index is 13.6. The molecular formula is C26H27ClN4O5S2. The summed E-state index contributed by atoms with van der Waals surface area (Å²) in [6.07, 6.45) is 1.54. The van der Waals surface area contributed by atoms with E-state index in [1.54, 1.807) is 18.2 Å². The predicted molar refractivity (Wildman–Crippen MR) is 146 cm³/mol. The summed E-state index contributed by atoms with van der Waals surface area (Å²) in [6, 6.07) is 12.7. The van der Waals surface area contributed by atoms with Gasteiger partial charge in [0.2, 0.25) is 5.91 Å². The lowest BCUT2D eigenvalue weighted by Gasteiger charge is -2.39. The zero-order valence-corrected chi connectivity index (χ0v) is 22.9. The highest BCUT2D eigenvalue weighted by molar-refractivity contribution is 7.91. The molecule has 1 unspecified atom stereocenters. The van der Waals surface area contributed by atoms with Crippen LogP contribution >= 0.6 is 22.9 Å². The zero-order valence-electron chi connectivity index (χ0n) is 20.5. The van der Waals surface area contributed by atoms with E-state index in [2.05, 4.69) is 0 Å². The Labute approximate surface area is 229 Å². The Hall–Kier alpha value is -2.99. The zero-order chi connectivity index (χ0) is 27.0. The Bertz CT molecular complexity index is 1500. The molecule has 2 fully saturated rings. The van der Waals surface area contributed by atoms with Crippen LogP contribution in [0.25, 0.3) is 10.1 Å². The van der Waals surface area contributed by atoms with Crippen LogP contribution < -0.4 is 0 Å². The van der Waals surface area contributed by atoms with Crippen molar-refractivity contribution in [2.45, 2.75) is 36.1 Å². The van der Waals surface area contributed by atoms with E-state index >= 15 is 0 Å². The highest BCUT2D eigenvalue weighted by Gasteiger charge is 2.43. The molecule has 5 rings (SSSR count). The molecule has 0 radical (unpaired) electrons. The third-order valence-corrected chi connectivity index (χ3v) is 10.6. The fraction of sp³-hybridized carbons (Fsp3) is 0.346. The average Bonchev–Trinajstić information content (AvgIpc) is 3.56. The van der Waals surface area contributed by atoms with E-state index < -0.39 is 34.4 Å². The molecule has 38 heavy (non-hydrogen) atoms. The number of sulfonamides is 1. The number of halogens is 1. The number of carboxylic acids is 1. The van der Waals surface area contributed by atoms with Gasteiger partial charge in [0.25, 0.3) is 10.0 Å². The number of hydrogen-bond donors (Lipinski definition) is 2. The summed E-state index contributed by atoms with van der Waals surface area (Å²) in [5, 5.41) is 19.1. The van der Waals surface area contributed by atoms with E-state index in [-0.39, 0.29) is 23.8 Å². The number of nitrogens with one attached hydrogen (secondary N) is 1. The molecule has 200 valence electrons. The second kappa shape index (κ2) is 10.6. The van der Waals surface area contributed by atoms with Gasteiger partial charge in [-0.15, -0.1) is 11.3 Å². The summed E-state index contributed by atoms with van der Waals surface area (Å²) in [5.74, 6) is -1.31. The summed E-state index contributed by atoms with van der Waals surface area (Å²) in [4.78, 5) is 28.6. The van der Waals surface area contributed by atoms with Gasteiger partial charge in [0.05, 0.1) is 6.42 Å². The minimum absolute atomic E-state index is 0.0152. The minimum Gasteiger partial charge on any atom is -0.481 e. The summed E-state index contributed by atoms with van der Waals surface area (Å²) < 4.78 is 28.9. The third kappa shape index (κ3) is 5.28. The van der Waals surface area contributed by atoms with E-state index in [1.807, 2.05) is 29.2 Å². The Morgan fingerprint density at radius 2 is 1.76 bits per heavy atom. The van der Waals surface area contributed by atoms with Gasteiger partial charge in [0.1, 0.15) is 16.1 Å². The fourth-order valence-electron chi connectivity index (χ4n) is 4.95. The van der Waals surface area contributed by atoms with Crippen molar-refractivity contribution in [2.24, 2.45) is 0 Å². The minimum atomic E-state index is -4.11. The van der Waals surface area contributed by atoms with Gasteiger partial charge >= 0.3 is 5.97 Å². The molecule has 2 aliphatic rings. The maximum Gasteiger partial charge on any atom is 0.305 e. The monoisotopic (exact) mass is 574 g/mol. The van der Waals surface area contributed by atoms with Gasteiger partial charge in [-0.1, -0.05) is 41.9 Å². The number of carboxylic acid groups (broad SMARTS) is 1. The smallest absolute Gasteiger partial charge is 0.305 e. The molecule has 1 amide bonds. The van der Waals surface area contributed by atoms with Crippen LogP contribution in [0.1, 0.15) is 30.4 Å². The molecule has 12 heteroatoms. The standard InChI is InChI=1S/C26H27ClN4O5S2/c27-20-8-7-19-13-24(37-22(19)14-20)38(35,36)31-12-11-30(26(34)21(31)15-23(32)33)16-17-3-5-18(6-4-17)25(28)29-9-1-2-10-29/h3-8,13-14,21,28H,1-2,9-12,15-16H2,(H,32,33). The van der Waals surface area contributed by atoms with E-state index in [1.165, 1.54) is 11.0 Å². The number of benzene rings is 2. The largest absolute Gasteiger partial charge is 0.481 e. The lowest BCUT2D eigenvalue weighted by Crippen LogP contribution is -2.58. The van der Waals surface area contributed by atoms with Gasteiger partial charge in [-0.05, 0) is 42.0 Å². The van der Waals surface area contributed by atoms with Crippen LogP contribution in [-0.4, -0.2) is 77.6 Å². The second-order valence-corrected chi connectivity index (χ2v) is 13.1. The molecule has 2 N–H and O–H groups in total. The van der Waals surface area contributed by atoms with Gasteiger partial charge in [-0.2, -0.15) is 4.31 Å². The van der Waals surface area contributed by atoms with Gasteiger partial charge < -0.3 is 14.9 Å². The number of likely N-dealkylation sites (tertiary alicyclic amines) is 1. The van der Waals surface area contributed by atoms with Crippen LogP contribution in [0, 0.1) is 5.41 Å². The number of thiophene rings is 1. The SMILES string of the molecule is N=C(c1ccc(CN2CCN(S(=O)(=O)c3cc4ccc(Cl)cc4s3)C(CC(=O)O)C2=O)cc1)N1CCCC1. The first-order valence-electron chi connectivity index (χ1n) is 12.3. The van der Waals surface area contributed by atoms with E-state index in [4.69, 9.17) is 17.0 Å². The second-order valence-electron chi connectivity index (χ2n) is 9.48. The Morgan fingerprint density at radius 3 is 2.45 bits per heavy atom. The van der Waals surface area contributed by atoms with Gasteiger partial charge in [-0.3, -0.25) is 15.0 Å². The summed E-state index contributed by atoms with van der Waals surface area (Å²) in [7, 11) is -4.11. The molecule has 3 heterocycles. The van der Waals surface area contributed by atoms with Crippen molar-refractivity contribution < 1.29 is 23.1 Å². The Kier molecular flexibility index (Phi) is 7.45. The van der Waals surface area contributed by atoms with Crippen molar-refractivity contribution in [3.8, 4) is 0 Å². The number of rotatable bonds is 7. The fourth-order valence-corrected chi connectivity index (χ4v) is 8.33. The van der Waals surface area contributed by atoms with Crippen LogP contribution in [0.2, 0.25) is 5.02 Å². The number of carbonyl (C=O) groups excluding carboxylic acids is 1. The van der Waals surface area contributed by atoms with Crippen LogP contribution in [0.3, 0.4) is 0 Å². The molecule has 1 aromatic heterocycles. The number of piperazine rings is 1. The summed E-state index contributed by atoms with van der Waals surface area (Å²) >= 11 is 7.09. The lowest BCUT2D eigenvalue weighted by atomic mass is 10.1. The maximum absolute atomic E-state index is 13.6. The van der Waals surface area contributed by atoms with Gasteiger partial charge in [0.15, 0.2) is 0 Å². The topological polar surface area (TPSA) is 122 Å². The summed E-state index contributed by atoms with van der Waals surface area (Å²) in [6.45, 7) is 2.10. The van der Waals surface area contributed by atoms with Crippen molar-refractivity contribution in [1.29, 1.82) is 5.41 Å². The third-order valence-electron chi connectivity index (χ3n) is 6.95. The van der Waals surface area contributed by atoms with Crippen LogP contribution in [0.4, 0.5) is 0 Å². The Balaban J connectivity index is 1.34. The molecule has 0 saturated carbocycles. The first kappa shape index (κ1) is 26.6. The van der Waals surface area contributed by atoms with Crippen molar-refractivity contribution in [3.05, 3.63) is 64.7 Å². The normalized spacial score (nSPS) is 18.9. The average molecular weight is 575 g/mol. The van der Waals surface area contributed by atoms with Crippen LogP contribution in [0.5, 0.6) is 0 Å². The predicted octanol–water partition coefficient (Wildman–Crippen LogP) is 3.85. The molecule has 2 saturated heterocycles. The summed E-state index contributed by atoms with van der Waals surface area (Å²) in [5.41, 5.74) is 1.62. The Morgan fingerprint density at radius 1 is 1.05 bits per heavy atom. The number of amidine groups is 1. The molecule has 0 bridgehead atoms. The number of hydrogen-bond acceptors (Lipinski definition) is 6. The van der Waals surface area contributed by atoms with Crippen LogP contribution in [0.15, 0.2) is 52.7 Å². The molecule has 2 aliphatic heterocycles. The highest BCUT2D eigenvalue weighted by atomic mass is 35.5. The molecule has 9 nitrogen and oxygen atoms in total. The first-order chi connectivity index (χ1) is 18.1. The van der Waals surface area contributed by atoms with E-state index in [9.17, 15) is 23.1 Å². The first-order valence-corrected chi connectivity index (χ1v) is 14.9. The van der Waals surface area contributed by atoms with Crippen LogP contribution in [-0.2, 0) is 26.2 Å². The van der Waals surface area contributed by atoms with E-state index in [0.29, 0.717) is 20.9 Å². The molecule has 3 aromatic rings.